The molecular formula is C10H8N4O4S2. The minimum atomic E-state index is -0.785. The molecule has 0 fully saturated rings. The van der Waals surface area contributed by atoms with Crippen LogP contribution in [0.4, 0.5) is 11.4 Å². The number of nitro benzene ring substituents is 2. The van der Waals surface area contributed by atoms with Gasteiger partial charge in [-0.25, -0.2) is 0 Å². The van der Waals surface area contributed by atoms with E-state index in [4.69, 9.17) is 17.5 Å². The van der Waals surface area contributed by atoms with Crippen molar-refractivity contribution in [3.63, 3.8) is 0 Å². The molecule has 1 aromatic carbocycles. The number of hydrogen-bond donors (Lipinski definition) is 0. The average Bonchev–Trinajstić information content (AvgIpc) is 2.37. The maximum Gasteiger partial charge on any atom is 0.291 e. The molecule has 0 N–H and O–H groups in total. The Bertz CT molecular complexity index is 639. The highest BCUT2D eigenvalue weighted by Crippen LogP contribution is 2.36. The summed E-state index contributed by atoms with van der Waals surface area (Å²) in [6.07, 6.45) is 0. The van der Waals surface area contributed by atoms with Crippen molar-refractivity contribution in [1.29, 1.82) is 5.26 Å². The summed E-state index contributed by atoms with van der Waals surface area (Å²) in [5.41, 5.74) is -1.17. The third kappa shape index (κ3) is 3.40. The van der Waals surface area contributed by atoms with Crippen molar-refractivity contribution in [3.8, 4) is 6.07 Å². The highest BCUT2D eigenvalue weighted by atomic mass is 32.2. The zero-order valence-corrected chi connectivity index (χ0v) is 12.0. The van der Waals surface area contributed by atoms with Crippen LogP contribution in [0, 0.1) is 31.6 Å². The lowest BCUT2D eigenvalue weighted by Gasteiger charge is -2.13. The molecule has 20 heavy (non-hydrogen) atoms. The Hall–Kier alpha value is -2.25. The molecule has 0 radical (unpaired) electrons. The lowest BCUT2D eigenvalue weighted by Crippen LogP contribution is -2.16. The molecule has 1 rings (SSSR count). The molecular weight excluding hydrogens is 304 g/mol. The van der Waals surface area contributed by atoms with Crippen LogP contribution in [0.2, 0.25) is 0 Å². The first kappa shape index (κ1) is 15.8. The van der Waals surface area contributed by atoms with E-state index in [9.17, 15) is 20.2 Å². The Morgan fingerprint density at radius 3 is 2.35 bits per heavy atom. The average molecular weight is 312 g/mol. The number of nitrogens with zero attached hydrogens (tertiary/aromatic N) is 4. The summed E-state index contributed by atoms with van der Waals surface area (Å²) in [4.78, 5) is 21.7. The molecule has 0 aliphatic rings. The molecule has 104 valence electrons. The number of non-ortho nitro benzene ring substituents is 1. The minimum Gasteiger partial charge on any atom is -0.363 e. The lowest BCUT2D eigenvalue weighted by molar-refractivity contribution is -0.396. The largest absolute Gasteiger partial charge is 0.363 e. The van der Waals surface area contributed by atoms with Crippen molar-refractivity contribution in [2.24, 2.45) is 0 Å². The monoisotopic (exact) mass is 312 g/mol. The molecule has 10 heteroatoms. The highest BCUT2D eigenvalue weighted by Gasteiger charge is 2.26. The van der Waals surface area contributed by atoms with Crippen molar-refractivity contribution in [1.82, 2.24) is 4.90 Å². The van der Waals surface area contributed by atoms with Crippen LogP contribution in [0.5, 0.6) is 0 Å². The van der Waals surface area contributed by atoms with Crippen LogP contribution in [0.3, 0.4) is 0 Å². The molecule has 0 bridgehead atoms. The molecule has 0 aliphatic carbocycles. The van der Waals surface area contributed by atoms with E-state index in [-0.39, 0.29) is 10.5 Å². The van der Waals surface area contributed by atoms with Gasteiger partial charge < -0.3 is 4.90 Å². The van der Waals surface area contributed by atoms with Gasteiger partial charge in [0.05, 0.1) is 21.5 Å². The molecule has 0 aromatic heterocycles. The number of nitriles is 1. The molecule has 0 atom stereocenters. The third-order valence-corrected chi connectivity index (χ3v) is 3.92. The number of thiocarbonyl (C=S) groups is 1. The molecule has 0 saturated heterocycles. The van der Waals surface area contributed by atoms with Crippen LogP contribution in [0.25, 0.3) is 0 Å². The van der Waals surface area contributed by atoms with Gasteiger partial charge in [-0.3, -0.25) is 20.2 Å². The van der Waals surface area contributed by atoms with E-state index in [0.717, 1.165) is 23.9 Å². The highest BCUT2D eigenvalue weighted by molar-refractivity contribution is 8.23. The summed E-state index contributed by atoms with van der Waals surface area (Å²) < 4.78 is 0.304. The van der Waals surface area contributed by atoms with E-state index in [1.54, 1.807) is 25.1 Å². The smallest absolute Gasteiger partial charge is 0.291 e. The fourth-order valence-corrected chi connectivity index (χ4v) is 2.27. The molecule has 0 spiro atoms. The van der Waals surface area contributed by atoms with Crippen molar-refractivity contribution in [2.45, 2.75) is 4.90 Å². The lowest BCUT2D eigenvalue weighted by atomic mass is 10.2. The van der Waals surface area contributed by atoms with Gasteiger partial charge in [0.15, 0.2) is 0 Å². The topological polar surface area (TPSA) is 113 Å². The molecule has 8 nitrogen and oxygen atoms in total. The van der Waals surface area contributed by atoms with E-state index >= 15 is 0 Å². The molecule has 0 amide bonds. The van der Waals surface area contributed by atoms with Gasteiger partial charge in [0.25, 0.3) is 11.4 Å². The van der Waals surface area contributed by atoms with Crippen LogP contribution in [0.15, 0.2) is 17.0 Å². The number of rotatable bonds is 3. The van der Waals surface area contributed by atoms with Gasteiger partial charge in [-0.1, -0.05) is 24.0 Å². The van der Waals surface area contributed by atoms with Gasteiger partial charge in [0.1, 0.15) is 15.3 Å². The Labute approximate surface area is 123 Å². The van der Waals surface area contributed by atoms with E-state index in [1.807, 2.05) is 0 Å². The molecule has 0 saturated carbocycles. The zero-order chi connectivity index (χ0) is 15.4. The Morgan fingerprint density at radius 2 is 1.95 bits per heavy atom. The van der Waals surface area contributed by atoms with Gasteiger partial charge in [-0.15, -0.1) is 0 Å². The summed E-state index contributed by atoms with van der Waals surface area (Å²) >= 11 is 5.87. The molecule has 0 unspecified atom stereocenters. The second-order valence-electron chi connectivity index (χ2n) is 3.73. The second-order valence-corrected chi connectivity index (χ2v) is 5.37. The number of hydrogen-bond acceptors (Lipinski definition) is 7. The number of benzene rings is 1. The Kier molecular flexibility index (Phi) is 4.95. The predicted molar refractivity (Wildman–Crippen MR) is 76.6 cm³/mol. The van der Waals surface area contributed by atoms with Crippen molar-refractivity contribution in [3.05, 3.63) is 37.9 Å². The zero-order valence-electron chi connectivity index (χ0n) is 10.4. The second kappa shape index (κ2) is 6.27. The van der Waals surface area contributed by atoms with Crippen LogP contribution in [0.1, 0.15) is 5.56 Å². The van der Waals surface area contributed by atoms with Gasteiger partial charge in [0, 0.05) is 20.2 Å². The van der Waals surface area contributed by atoms with Gasteiger partial charge >= 0.3 is 0 Å². The summed E-state index contributed by atoms with van der Waals surface area (Å²) in [7, 11) is 3.30. The van der Waals surface area contributed by atoms with Crippen molar-refractivity contribution >= 4 is 39.7 Å². The molecule has 0 heterocycles. The number of nitro groups is 2. The Morgan fingerprint density at radius 1 is 1.35 bits per heavy atom. The van der Waals surface area contributed by atoms with Crippen LogP contribution >= 0.6 is 24.0 Å². The Balaban J connectivity index is 3.48. The predicted octanol–water partition coefficient (Wildman–Crippen LogP) is 2.31. The standard InChI is InChI=1S/C10H8N4O4S2/c1-12(2)10(19)20-9-6(5-11)3-7(13(15)16)4-8(9)14(17)18/h3-4H,1-2H3. The molecule has 0 aliphatic heterocycles. The van der Waals surface area contributed by atoms with Gasteiger partial charge in [-0.2, -0.15) is 5.26 Å². The maximum absolute atomic E-state index is 11.0. The first-order valence-electron chi connectivity index (χ1n) is 5.04. The van der Waals surface area contributed by atoms with E-state index in [1.165, 1.54) is 0 Å². The quantitative estimate of drug-likeness (QED) is 0.361. The SMILES string of the molecule is CN(C)C(=S)Sc1c(C#N)cc([N+](=O)[O-])cc1[N+](=O)[O-]. The van der Waals surface area contributed by atoms with Crippen LogP contribution < -0.4 is 0 Å². The van der Waals surface area contributed by atoms with Gasteiger partial charge in [-0.05, 0) is 0 Å². The van der Waals surface area contributed by atoms with Crippen molar-refractivity contribution < 1.29 is 9.85 Å². The van der Waals surface area contributed by atoms with Crippen LogP contribution in [-0.2, 0) is 0 Å². The first-order chi connectivity index (χ1) is 9.27. The van der Waals surface area contributed by atoms with E-state index < -0.39 is 21.2 Å². The summed E-state index contributed by atoms with van der Waals surface area (Å²) in [6, 6.07) is 3.54. The summed E-state index contributed by atoms with van der Waals surface area (Å²) in [6.45, 7) is 0. The first-order valence-corrected chi connectivity index (χ1v) is 6.26. The fourth-order valence-electron chi connectivity index (χ4n) is 1.21. The third-order valence-electron chi connectivity index (χ3n) is 2.14. The van der Waals surface area contributed by atoms with Crippen LogP contribution in [-0.4, -0.2) is 33.2 Å². The van der Waals surface area contributed by atoms with Gasteiger partial charge in [0.2, 0.25) is 0 Å². The minimum absolute atomic E-state index is 0.00167. The van der Waals surface area contributed by atoms with E-state index in [0.29, 0.717) is 4.32 Å². The number of thioether (sulfide) groups is 1. The maximum atomic E-state index is 11.0. The fraction of sp³-hybridized carbons (Fsp3) is 0.200. The van der Waals surface area contributed by atoms with Crippen molar-refractivity contribution in [2.75, 3.05) is 14.1 Å². The normalized spacial score (nSPS) is 9.65. The molecule has 1 aromatic rings. The summed E-state index contributed by atoms with van der Waals surface area (Å²) in [5, 5.41) is 30.8. The van der Waals surface area contributed by atoms with E-state index in [2.05, 4.69) is 0 Å². The summed E-state index contributed by atoms with van der Waals surface area (Å²) in [5.74, 6) is 0.